The number of hydrogen-bond acceptors (Lipinski definition) is 6. The number of aromatic nitrogens is 3. The van der Waals surface area contributed by atoms with E-state index in [1.54, 1.807) is 43.3 Å². The molecule has 4 aromatic rings. The summed E-state index contributed by atoms with van der Waals surface area (Å²) in [5.41, 5.74) is 3.15. The molecule has 0 saturated carbocycles. The molecule has 0 spiro atoms. The summed E-state index contributed by atoms with van der Waals surface area (Å²) in [6.45, 7) is 4.00. The first-order chi connectivity index (χ1) is 16.6. The number of halogens is 1. The number of aryl methyl sites for hydroxylation is 1. The van der Waals surface area contributed by atoms with Gasteiger partial charge in [0.25, 0.3) is 5.88 Å². The summed E-state index contributed by atoms with van der Waals surface area (Å²) in [4.78, 5) is 20.4. The molecule has 4 rings (SSSR count). The minimum Gasteiger partial charge on any atom is -0.491 e. The number of methoxy groups -OCH3 is 1. The molecular weight excluding hydrogens is 473 g/mol. The lowest BCUT2D eigenvalue weighted by molar-refractivity contribution is 0.296. The lowest BCUT2D eigenvalue weighted by Crippen LogP contribution is -2.29. The maximum absolute atomic E-state index is 13.9. The summed E-state index contributed by atoms with van der Waals surface area (Å²) >= 11 is 0. The number of hydrogen-bond donors (Lipinski definition) is 1. The van der Waals surface area contributed by atoms with Crippen LogP contribution in [0.3, 0.4) is 0 Å². The molecule has 0 saturated heterocycles. The topological polar surface area (TPSA) is 103 Å². The fraction of sp³-hybridized carbons (Fsp3) is 0.280. The molecule has 0 fully saturated rings. The van der Waals surface area contributed by atoms with Gasteiger partial charge < -0.3 is 14.5 Å². The zero-order valence-corrected chi connectivity index (χ0v) is 20.6. The third-order valence-electron chi connectivity index (χ3n) is 5.69. The van der Waals surface area contributed by atoms with Gasteiger partial charge in [-0.1, -0.05) is 12.1 Å². The average Bonchev–Trinajstić information content (AvgIpc) is 3.13. The molecular formula is C25H26FN3O5S. The second kappa shape index (κ2) is 9.53. The van der Waals surface area contributed by atoms with Crippen LogP contribution in [0.1, 0.15) is 24.2 Å². The monoisotopic (exact) mass is 499 g/mol. The van der Waals surface area contributed by atoms with Crippen LogP contribution in [0.4, 0.5) is 4.39 Å². The van der Waals surface area contributed by atoms with E-state index >= 15 is 0 Å². The SMILES string of the molecule is CCOc1nc(C(CS(C)(=O)=O)n2c(=O)[nH]c3cc(-c4cc(F)ccc4C)ccc32)ccc1OC. The van der Waals surface area contributed by atoms with Gasteiger partial charge in [0.1, 0.15) is 15.7 Å². The predicted molar refractivity (Wildman–Crippen MR) is 132 cm³/mol. The van der Waals surface area contributed by atoms with Crippen molar-refractivity contribution >= 4 is 20.9 Å². The van der Waals surface area contributed by atoms with E-state index in [2.05, 4.69) is 9.97 Å². The van der Waals surface area contributed by atoms with Crippen LogP contribution in [-0.2, 0) is 9.84 Å². The Labute approximate surface area is 202 Å². The average molecular weight is 500 g/mol. The van der Waals surface area contributed by atoms with Crippen LogP contribution >= 0.6 is 0 Å². The van der Waals surface area contributed by atoms with Crippen molar-refractivity contribution in [3.8, 4) is 22.8 Å². The molecule has 0 aliphatic rings. The van der Waals surface area contributed by atoms with Crippen molar-refractivity contribution in [2.24, 2.45) is 0 Å². The predicted octanol–water partition coefficient (Wildman–Crippen LogP) is 3.88. The molecule has 35 heavy (non-hydrogen) atoms. The Morgan fingerprint density at radius 2 is 1.91 bits per heavy atom. The first-order valence-electron chi connectivity index (χ1n) is 11.0. The smallest absolute Gasteiger partial charge is 0.327 e. The zero-order chi connectivity index (χ0) is 25.3. The van der Waals surface area contributed by atoms with Crippen molar-refractivity contribution in [2.45, 2.75) is 19.9 Å². The van der Waals surface area contributed by atoms with E-state index in [-0.39, 0.29) is 17.5 Å². The van der Waals surface area contributed by atoms with Crippen LogP contribution in [0.2, 0.25) is 0 Å². The van der Waals surface area contributed by atoms with Gasteiger partial charge >= 0.3 is 5.69 Å². The van der Waals surface area contributed by atoms with Crippen molar-refractivity contribution in [3.63, 3.8) is 0 Å². The molecule has 2 aromatic heterocycles. The number of nitrogens with zero attached hydrogens (tertiary/aromatic N) is 2. The van der Waals surface area contributed by atoms with E-state index in [0.29, 0.717) is 34.6 Å². The Morgan fingerprint density at radius 3 is 2.60 bits per heavy atom. The third-order valence-corrected chi connectivity index (χ3v) is 6.61. The number of aromatic amines is 1. The van der Waals surface area contributed by atoms with E-state index in [4.69, 9.17) is 9.47 Å². The third kappa shape index (κ3) is 5.07. The van der Waals surface area contributed by atoms with Crippen molar-refractivity contribution in [3.05, 3.63) is 76.1 Å². The zero-order valence-electron chi connectivity index (χ0n) is 19.8. The molecule has 1 unspecified atom stereocenters. The van der Waals surface area contributed by atoms with Gasteiger partial charge in [-0.25, -0.2) is 22.6 Å². The fourth-order valence-electron chi connectivity index (χ4n) is 4.12. The number of ether oxygens (including phenoxy) is 2. The van der Waals surface area contributed by atoms with Crippen LogP contribution in [0.25, 0.3) is 22.2 Å². The van der Waals surface area contributed by atoms with Crippen LogP contribution < -0.4 is 15.2 Å². The van der Waals surface area contributed by atoms with E-state index in [0.717, 1.165) is 17.4 Å². The maximum atomic E-state index is 13.9. The molecule has 0 amide bonds. The highest BCUT2D eigenvalue weighted by atomic mass is 32.2. The summed E-state index contributed by atoms with van der Waals surface area (Å²) < 4.78 is 50.8. The molecule has 0 bridgehead atoms. The summed E-state index contributed by atoms with van der Waals surface area (Å²) in [6, 6.07) is 12.1. The maximum Gasteiger partial charge on any atom is 0.327 e. The van der Waals surface area contributed by atoms with Gasteiger partial charge in [-0.05, 0) is 66.9 Å². The van der Waals surface area contributed by atoms with Gasteiger partial charge in [-0.3, -0.25) is 4.57 Å². The Bertz CT molecular complexity index is 1560. The highest BCUT2D eigenvalue weighted by molar-refractivity contribution is 7.90. The van der Waals surface area contributed by atoms with Gasteiger partial charge in [0, 0.05) is 6.26 Å². The fourth-order valence-corrected chi connectivity index (χ4v) is 5.01. The summed E-state index contributed by atoms with van der Waals surface area (Å²) in [6.07, 6.45) is 1.11. The van der Waals surface area contributed by atoms with Crippen molar-refractivity contribution in [1.82, 2.24) is 14.5 Å². The molecule has 0 radical (unpaired) electrons. The van der Waals surface area contributed by atoms with Crippen molar-refractivity contribution < 1.29 is 22.3 Å². The Hall–Kier alpha value is -3.66. The van der Waals surface area contributed by atoms with Gasteiger partial charge in [0.15, 0.2) is 5.75 Å². The molecule has 0 aliphatic heterocycles. The second-order valence-electron chi connectivity index (χ2n) is 8.28. The van der Waals surface area contributed by atoms with Crippen LogP contribution in [0, 0.1) is 12.7 Å². The lowest BCUT2D eigenvalue weighted by Gasteiger charge is -2.19. The van der Waals surface area contributed by atoms with E-state index in [1.165, 1.54) is 23.8 Å². The number of pyridine rings is 1. The number of rotatable bonds is 8. The number of sulfone groups is 1. The molecule has 1 atom stereocenters. The summed E-state index contributed by atoms with van der Waals surface area (Å²) in [5.74, 6) is -0.103. The minimum absolute atomic E-state index is 0.211. The lowest BCUT2D eigenvalue weighted by atomic mass is 10.00. The van der Waals surface area contributed by atoms with Gasteiger partial charge in [-0.2, -0.15) is 0 Å². The Morgan fingerprint density at radius 1 is 1.14 bits per heavy atom. The number of imidazole rings is 1. The largest absolute Gasteiger partial charge is 0.491 e. The highest BCUT2D eigenvalue weighted by Crippen LogP contribution is 2.31. The summed E-state index contributed by atoms with van der Waals surface area (Å²) in [7, 11) is -2.03. The number of benzene rings is 2. The molecule has 2 heterocycles. The van der Waals surface area contributed by atoms with Crippen LogP contribution in [0.5, 0.6) is 11.6 Å². The molecule has 184 valence electrons. The normalized spacial score (nSPS) is 12.6. The molecule has 1 N–H and O–H groups in total. The highest BCUT2D eigenvalue weighted by Gasteiger charge is 2.26. The first kappa shape index (κ1) is 24.5. The molecule has 0 aliphatic carbocycles. The number of H-pyrrole nitrogens is 1. The van der Waals surface area contributed by atoms with E-state index < -0.39 is 21.6 Å². The standard InChI is InChI=1S/C25H26FN3O5S/c1-5-34-24-23(33-3)11-9-19(27-24)22(14-35(4,31)32)29-21-10-7-16(12-20(21)28-25(29)30)18-13-17(26)8-6-15(18)2/h6-13,22H,5,14H2,1-4H3,(H,28,30). The number of nitrogens with one attached hydrogen (secondary N) is 1. The molecule has 2 aromatic carbocycles. The van der Waals surface area contributed by atoms with Crippen molar-refractivity contribution in [1.29, 1.82) is 0 Å². The minimum atomic E-state index is -3.51. The second-order valence-corrected chi connectivity index (χ2v) is 10.5. The molecule has 10 heteroatoms. The Balaban J connectivity index is 1.89. The van der Waals surface area contributed by atoms with Crippen LogP contribution in [0.15, 0.2) is 53.3 Å². The quantitative estimate of drug-likeness (QED) is 0.395. The number of fused-ring (bicyclic) bond motifs is 1. The van der Waals surface area contributed by atoms with E-state index in [9.17, 15) is 17.6 Å². The van der Waals surface area contributed by atoms with Gasteiger partial charge in [0.2, 0.25) is 0 Å². The first-order valence-corrected chi connectivity index (χ1v) is 13.0. The molecule has 8 nitrogen and oxygen atoms in total. The van der Waals surface area contributed by atoms with Gasteiger partial charge in [-0.15, -0.1) is 0 Å². The van der Waals surface area contributed by atoms with Crippen LogP contribution in [-0.4, -0.2) is 48.7 Å². The van der Waals surface area contributed by atoms with Gasteiger partial charge in [0.05, 0.1) is 42.2 Å². The Kier molecular flexibility index (Phi) is 6.66. The van der Waals surface area contributed by atoms with E-state index in [1.807, 2.05) is 6.92 Å². The summed E-state index contributed by atoms with van der Waals surface area (Å²) in [5, 5.41) is 0. The van der Waals surface area contributed by atoms with Crippen molar-refractivity contribution in [2.75, 3.05) is 25.7 Å².